The molecule has 2 aliphatic rings. The standard InChI is InChI=1S/C31H19N.2C23H14N2.C19H12N2.4C5H12/c1-4-14-24-20(10-1)21-11-2-5-15-25(21)31(24)26-16-6-8-19-29(26)32-28-18-7-3-12-22(28)23-13-9-17-27(31)30(23)32;1-2-8-16-15(7-1)13-14-18-22(16)17-9-3-5-11-20(17)25-21-12-6-4-10-19(21)24-23(18)25;1-2-8-16-15(7-1)13-14-18-17-9-3-5-11-20(17)25-21-12-6-4-10-19(21)24-23(25)22(16)18;1-2-9-15-13(7-1)14-8-3-5-11-17(14)21-18-12-6-4-10-16(18)20-19(15)21;4*1-5(2,3)4/h1-19H;2*1-14H;1-12H;4*1-4H3. The highest BCUT2D eigenvalue weighted by molar-refractivity contribution is 6.25. The van der Waals surface area contributed by atoms with Crippen molar-refractivity contribution >= 4 is 158 Å². The van der Waals surface area contributed by atoms with E-state index in [9.17, 15) is 0 Å². The Morgan fingerprint density at radius 1 is 0.203 bits per heavy atom. The number of pyridine rings is 3. The van der Waals surface area contributed by atoms with Crippen molar-refractivity contribution in [3.05, 3.63) is 380 Å². The van der Waals surface area contributed by atoms with Gasteiger partial charge in [-0.15, -0.1) is 0 Å². The fourth-order valence-electron chi connectivity index (χ4n) is 17.9. The maximum atomic E-state index is 5.01. The first-order valence-electron chi connectivity index (χ1n) is 43.3. The summed E-state index contributed by atoms with van der Waals surface area (Å²) in [4.78, 5) is 14.8. The van der Waals surface area contributed by atoms with Gasteiger partial charge in [-0.1, -0.05) is 396 Å². The summed E-state index contributed by atoms with van der Waals surface area (Å²) in [6.45, 7) is 35.0. The second-order valence-electron chi connectivity index (χ2n) is 39.2. The van der Waals surface area contributed by atoms with Crippen molar-refractivity contribution in [2.24, 2.45) is 21.7 Å². The van der Waals surface area contributed by atoms with Crippen LogP contribution in [0.1, 0.15) is 133 Å². The van der Waals surface area contributed by atoms with Crippen LogP contribution < -0.4 is 0 Å². The highest BCUT2D eigenvalue weighted by Crippen LogP contribution is 2.61. The van der Waals surface area contributed by atoms with Crippen LogP contribution in [0.15, 0.2) is 358 Å². The molecule has 0 amide bonds. The fourth-order valence-corrected chi connectivity index (χ4v) is 17.9. The van der Waals surface area contributed by atoms with Crippen molar-refractivity contribution in [2.45, 2.75) is 116 Å². The average Bonchev–Trinajstić information content (AvgIpc) is 1.50. The van der Waals surface area contributed by atoms with Crippen molar-refractivity contribution in [3.8, 4) is 16.8 Å². The van der Waals surface area contributed by atoms with Crippen molar-refractivity contribution in [1.29, 1.82) is 0 Å². The first-order chi connectivity index (χ1) is 59.2. The second-order valence-corrected chi connectivity index (χ2v) is 39.2. The number of hydrogen-bond acceptors (Lipinski definition) is 3. The van der Waals surface area contributed by atoms with E-state index in [1.807, 2.05) is 6.07 Å². The zero-order valence-electron chi connectivity index (χ0n) is 73.7. The van der Waals surface area contributed by atoms with Gasteiger partial charge < -0.3 is 4.57 Å². The summed E-state index contributed by atoms with van der Waals surface area (Å²) < 4.78 is 9.36. The van der Waals surface area contributed by atoms with Crippen LogP contribution in [-0.4, -0.2) is 32.7 Å². The quantitative estimate of drug-likeness (QED) is 0.142. The first kappa shape index (κ1) is 80.3. The van der Waals surface area contributed by atoms with Crippen LogP contribution in [0, 0.1) is 21.7 Å². The first-order valence-corrected chi connectivity index (χ1v) is 43.3. The van der Waals surface area contributed by atoms with Gasteiger partial charge in [0.25, 0.3) is 0 Å². The molecule has 0 fully saturated rings. The molecule has 123 heavy (non-hydrogen) atoms. The molecular weight excluding hydrogens is 1490 g/mol. The minimum atomic E-state index is -0.312. The number of aromatic nitrogens is 7. The van der Waals surface area contributed by atoms with Crippen LogP contribution in [0.25, 0.3) is 175 Å². The van der Waals surface area contributed by atoms with Gasteiger partial charge >= 0.3 is 0 Å². The second kappa shape index (κ2) is 31.7. The molecule has 7 aromatic heterocycles. The van der Waals surface area contributed by atoms with Crippen LogP contribution in [0.5, 0.6) is 0 Å². The molecule has 0 radical (unpaired) electrons. The largest absolute Gasteiger partial charge is 0.309 e. The number of hydrogen-bond donors (Lipinski definition) is 0. The molecule has 0 unspecified atom stereocenters. The van der Waals surface area contributed by atoms with Crippen molar-refractivity contribution in [2.75, 3.05) is 0 Å². The summed E-state index contributed by atoms with van der Waals surface area (Å²) in [5.41, 5.74) is 27.1. The predicted molar refractivity (Wildman–Crippen MR) is 530 cm³/mol. The lowest BCUT2D eigenvalue weighted by molar-refractivity contribution is 0.469. The molecule has 8 heterocycles. The summed E-state index contributed by atoms with van der Waals surface area (Å²) in [5.74, 6) is 0. The van der Waals surface area contributed by atoms with Gasteiger partial charge in [0.15, 0.2) is 0 Å². The maximum Gasteiger partial charge on any atom is 0.147 e. The molecule has 0 saturated heterocycles. The zero-order valence-corrected chi connectivity index (χ0v) is 73.7. The Morgan fingerprint density at radius 2 is 0.512 bits per heavy atom. The summed E-state index contributed by atoms with van der Waals surface area (Å²) in [6.07, 6.45) is 0. The lowest BCUT2D eigenvalue weighted by atomic mass is 9.65. The Balaban J connectivity index is 0.000000105. The van der Waals surface area contributed by atoms with E-state index in [1.165, 1.54) is 147 Å². The van der Waals surface area contributed by atoms with E-state index >= 15 is 0 Å². The van der Waals surface area contributed by atoms with E-state index < -0.39 is 0 Å². The molecule has 25 rings (SSSR count). The summed E-state index contributed by atoms with van der Waals surface area (Å²) in [6, 6.07) is 128. The van der Waals surface area contributed by atoms with Gasteiger partial charge in [0.2, 0.25) is 0 Å². The van der Waals surface area contributed by atoms with Gasteiger partial charge in [-0.2, -0.15) is 0 Å². The predicted octanol–water partition coefficient (Wildman–Crippen LogP) is 32.4. The smallest absolute Gasteiger partial charge is 0.147 e. The third-order valence-electron chi connectivity index (χ3n) is 22.1. The minimum Gasteiger partial charge on any atom is -0.309 e. The monoisotopic (exact) mass is 1600 g/mol. The molecular formula is C116H107N7. The SMILES string of the molecule is CC(C)(C)C.CC(C)(C)C.CC(C)(C)C.CC(C)(C)C.c1ccc2c(c1)-c1ccccc1C21c2ccccc2-n2c3ccccc3c3cccc1c32.c1ccc2c(c1)ccc1c2c2ccccc2n2c3ccccc3nc12.c1ccc2c(c1)ccc1c3ccccc3n3c4ccccc4nc3c21.c1ccc2c(c1)nc1c3ccccc3c3ccccc3n21. The molecule has 23 aromatic rings. The Labute approximate surface area is 721 Å². The summed E-state index contributed by atoms with van der Waals surface area (Å²) >= 11 is 0. The van der Waals surface area contributed by atoms with Crippen molar-refractivity contribution < 1.29 is 0 Å². The lowest BCUT2D eigenvalue weighted by Gasteiger charge is -2.39. The maximum absolute atomic E-state index is 5.01. The number of para-hydroxylation sites is 12. The van der Waals surface area contributed by atoms with Crippen LogP contribution in [0.4, 0.5) is 0 Å². The van der Waals surface area contributed by atoms with Crippen molar-refractivity contribution in [1.82, 2.24) is 32.7 Å². The number of nitrogens with zero attached hydrogens (tertiary/aromatic N) is 7. The van der Waals surface area contributed by atoms with Gasteiger partial charge in [0.1, 0.15) is 16.9 Å². The number of benzene rings is 16. The van der Waals surface area contributed by atoms with Crippen LogP contribution in [0.2, 0.25) is 0 Å². The normalized spacial score (nSPS) is 12.6. The Morgan fingerprint density at radius 3 is 1.01 bits per heavy atom. The minimum absolute atomic E-state index is 0.312. The fraction of sp³-hybridized carbons (Fsp3) is 0.181. The Kier molecular flexibility index (Phi) is 20.7. The number of fused-ring (bicyclic) bond motifs is 40. The van der Waals surface area contributed by atoms with Gasteiger partial charge in [-0.3, -0.25) is 13.2 Å². The van der Waals surface area contributed by atoms with Gasteiger partial charge in [0, 0.05) is 48.5 Å². The zero-order chi connectivity index (χ0) is 85.4. The molecule has 0 atom stereocenters. The molecule has 7 heteroatoms. The molecule has 1 aliphatic heterocycles. The molecule has 16 aromatic carbocycles. The Bertz CT molecular complexity index is 7870. The van der Waals surface area contributed by atoms with E-state index in [4.69, 9.17) is 15.0 Å². The lowest BCUT2D eigenvalue weighted by Crippen LogP contribution is -2.33. The van der Waals surface area contributed by atoms with E-state index in [0.29, 0.717) is 21.7 Å². The molecule has 0 saturated carbocycles. The number of imidazole rings is 3. The topological polar surface area (TPSA) is 56.8 Å². The molecule has 0 bridgehead atoms. The van der Waals surface area contributed by atoms with E-state index in [-0.39, 0.29) is 5.41 Å². The highest BCUT2D eigenvalue weighted by atomic mass is 15.0. The van der Waals surface area contributed by atoms with Crippen LogP contribution in [0.3, 0.4) is 0 Å². The van der Waals surface area contributed by atoms with Crippen molar-refractivity contribution in [3.63, 3.8) is 0 Å². The van der Waals surface area contributed by atoms with E-state index in [0.717, 1.165) is 50.0 Å². The molecule has 606 valence electrons. The van der Waals surface area contributed by atoms with Crippen LogP contribution in [-0.2, 0) is 5.41 Å². The van der Waals surface area contributed by atoms with Crippen LogP contribution >= 0.6 is 0 Å². The third-order valence-corrected chi connectivity index (χ3v) is 22.1. The van der Waals surface area contributed by atoms with Gasteiger partial charge in [-0.25, -0.2) is 15.0 Å². The molecule has 1 spiro atoms. The molecule has 7 nitrogen and oxygen atoms in total. The molecule has 0 N–H and O–H groups in total. The molecule has 1 aliphatic carbocycles. The number of rotatable bonds is 0. The highest BCUT2D eigenvalue weighted by Gasteiger charge is 2.50. The third kappa shape index (κ3) is 15.0. The van der Waals surface area contributed by atoms with Gasteiger partial charge in [0.05, 0.1) is 71.8 Å². The average molecular weight is 1600 g/mol. The summed E-state index contributed by atoms with van der Waals surface area (Å²) in [7, 11) is 0. The summed E-state index contributed by atoms with van der Waals surface area (Å²) in [5, 5.41) is 18.9. The Hall–Kier alpha value is -13.8. The van der Waals surface area contributed by atoms with E-state index in [2.05, 4.69) is 480 Å². The van der Waals surface area contributed by atoms with E-state index in [1.54, 1.807) is 0 Å². The van der Waals surface area contributed by atoms with Gasteiger partial charge in [-0.05, 0) is 160 Å².